The van der Waals surface area contributed by atoms with Gasteiger partial charge >= 0.3 is 5.97 Å². The first-order chi connectivity index (χ1) is 8.09. The summed E-state index contributed by atoms with van der Waals surface area (Å²) in [4.78, 5) is 10.3. The van der Waals surface area contributed by atoms with Crippen molar-refractivity contribution in [2.24, 2.45) is 5.92 Å². The summed E-state index contributed by atoms with van der Waals surface area (Å²) in [5.74, 6) is -0.691. The van der Waals surface area contributed by atoms with Gasteiger partial charge in [0.05, 0.1) is 6.61 Å². The number of carboxylic acids is 1. The molecule has 0 aliphatic carbocycles. The van der Waals surface area contributed by atoms with Crippen molar-refractivity contribution in [2.45, 2.75) is 26.2 Å². The Labute approximate surface area is 100 Å². The lowest BCUT2D eigenvalue weighted by Crippen LogP contribution is -2.10. The average Bonchev–Trinajstić information content (AvgIpc) is 2.27. The second-order valence-electron chi connectivity index (χ2n) is 4.13. The first-order valence-electron chi connectivity index (χ1n) is 5.68. The van der Waals surface area contributed by atoms with Gasteiger partial charge in [-0.1, -0.05) is 19.1 Å². The van der Waals surface area contributed by atoms with Gasteiger partial charge in [-0.25, -0.2) is 4.39 Å². The molecule has 0 radical (unpaired) electrons. The van der Waals surface area contributed by atoms with E-state index in [4.69, 9.17) is 9.84 Å². The van der Waals surface area contributed by atoms with Crippen LogP contribution in [0.2, 0.25) is 0 Å². The van der Waals surface area contributed by atoms with Crippen molar-refractivity contribution < 1.29 is 19.0 Å². The molecule has 1 unspecified atom stereocenters. The van der Waals surface area contributed by atoms with Crippen LogP contribution in [0.15, 0.2) is 24.3 Å². The summed E-state index contributed by atoms with van der Waals surface area (Å²) in [7, 11) is 0. The van der Waals surface area contributed by atoms with Gasteiger partial charge in [-0.3, -0.25) is 4.79 Å². The summed E-state index contributed by atoms with van der Waals surface area (Å²) in [5.41, 5.74) is 0. The highest BCUT2D eigenvalue weighted by atomic mass is 19.1. The molecule has 0 aliphatic heterocycles. The Morgan fingerprint density at radius 3 is 2.82 bits per heavy atom. The van der Waals surface area contributed by atoms with Crippen LogP contribution in [0, 0.1) is 11.7 Å². The van der Waals surface area contributed by atoms with E-state index in [0.717, 1.165) is 6.42 Å². The van der Waals surface area contributed by atoms with E-state index in [1.807, 2.05) is 6.92 Å². The van der Waals surface area contributed by atoms with Crippen molar-refractivity contribution >= 4 is 5.97 Å². The predicted octanol–water partition coefficient (Wildman–Crippen LogP) is 3.10. The summed E-state index contributed by atoms with van der Waals surface area (Å²) in [6.07, 6.45) is 1.56. The molecular formula is C13H17FO3. The molecule has 3 nitrogen and oxygen atoms in total. The zero-order chi connectivity index (χ0) is 12.7. The van der Waals surface area contributed by atoms with Crippen molar-refractivity contribution in [3.05, 3.63) is 30.1 Å². The lowest BCUT2D eigenvalue weighted by atomic mass is 10.1. The lowest BCUT2D eigenvalue weighted by molar-refractivity contribution is -0.137. The molecule has 0 saturated heterocycles. The first kappa shape index (κ1) is 13.5. The van der Waals surface area contributed by atoms with Crippen molar-refractivity contribution in [1.82, 2.24) is 0 Å². The maximum atomic E-state index is 13.2. The van der Waals surface area contributed by atoms with Crippen LogP contribution in [0.1, 0.15) is 26.2 Å². The summed E-state index contributed by atoms with van der Waals surface area (Å²) < 4.78 is 18.5. The van der Waals surface area contributed by atoms with Crippen LogP contribution in [0.25, 0.3) is 0 Å². The summed E-state index contributed by atoms with van der Waals surface area (Å²) >= 11 is 0. The Morgan fingerprint density at radius 2 is 2.18 bits per heavy atom. The van der Waals surface area contributed by atoms with E-state index in [0.29, 0.717) is 13.0 Å². The van der Waals surface area contributed by atoms with E-state index in [-0.39, 0.29) is 23.9 Å². The molecule has 0 heterocycles. The third-order valence-electron chi connectivity index (χ3n) is 2.45. The number of carboxylic acid groups (broad SMARTS) is 1. The topological polar surface area (TPSA) is 46.5 Å². The maximum absolute atomic E-state index is 13.2. The van der Waals surface area contributed by atoms with Gasteiger partial charge in [-0.15, -0.1) is 0 Å². The smallest absolute Gasteiger partial charge is 0.303 e. The number of aliphatic carboxylic acids is 1. The van der Waals surface area contributed by atoms with Gasteiger partial charge in [0.15, 0.2) is 11.6 Å². The summed E-state index contributed by atoms with van der Waals surface area (Å²) in [6.45, 7) is 2.36. The number of halogens is 1. The van der Waals surface area contributed by atoms with Crippen LogP contribution in [0.5, 0.6) is 5.75 Å². The number of hydrogen-bond donors (Lipinski definition) is 1. The van der Waals surface area contributed by atoms with E-state index < -0.39 is 5.97 Å². The number of hydrogen-bond acceptors (Lipinski definition) is 2. The van der Waals surface area contributed by atoms with E-state index in [9.17, 15) is 9.18 Å². The molecule has 0 bridgehead atoms. The fourth-order valence-electron chi connectivity index (χ4n) is 1.48. The van der Waals surface area contributed by atoms with Crippen LogP contribution >= 0.6 is 0 Å². The van der Waals surface area contributed by atoms with Gasteiger partial charge in [0.25, 0.3) is 0 Å². The second kappa shape index (κ2) is 6.89. The molecule has 1 atom stereocenters. The normalized spacial score (nSPS) is 12.1. The molecule has 0 aromatic heterocycles. The third-order valence-corrected chi connectivity index (χ3v) is 2.45. The predicted molar refractivity (Wildman–Crippen MR) is 62.5 cm³/mol. The molecule has 0 saturated carbocycles. The maximum Gasteiger partial charge on any atom is 0.303 e. The van der Waals surface area contributed by atoms with Crippen LogP contribution < -0.4 is 4.74 Å². The quantitative estimate of drug-likeness (QED) is 0.796. The van der Waals surface area contributed by atoms with E-state index >= 15 is 0 Å². The average molecular weight is 240 g/mol. The minimum Gasteiger partial charge on any atom is -0.490 e. The molecule has 1 aromatic carbocycles. The van der Waals surface area contributed by atoms with Crippen LogP contribution in [-0.4, -0.2) is 17.7 Å². The fraction of sp³-hybridized carbons (Fsp3) is 0.462. The zero-order valence-electron chi connectivity index (χ0n) is 9.86. The number of ether oxygens (including phenoxy) is 1. The molecular weight excluding hydrogens is 223 g/mol. The lowest BCUT2D eigenvalue weighted by Gasteiger charge is -2.12. The molecule has 17 heavy (non-hydrogen) atoms. The van der Waals surface area contributed by atoms with Gasteiger partial charge in [-0.05, 0) is 30.9 Å². The molecule has 0 aliphatic rings. The van der Waals surface area contributed by atoms with Crippen molar-refractivity contribution in [2.75, 3.05) is 6.61 Å². The molecule has 1 aromatic rings. The Bertz CT molecular complexity index is 365. The van der Waals surface area contributed by atoms with Gasteiger partial charge in [0, 0.05) is 6.42 Å². The van der Waals surface area contributed by atoms with E-state index in [1.165, 1.54) is 6.07 Å². The van der Waals surface area contributed by atoms with Crippen LogP contribution in [0.4, 0.5) is 4.39 Å². The standard InChI is InChI=1S/C13H17FO3/c1-10(5-4-8-13(15)16)9-17-12-7-3-2-6-11(12)14/h2-3,6-7,10H,4-5,8-9H2,1H3,(H,15,16). The third kappa shape index (κ3) is 5.33. The minimum absolute atomic E-state index is 0.171. The highest BCUT2D eigenvalue weighted by molar-refractivity contribution is 5.66. The molecule has 1 N–H and O–H groups in total. The van der Waals surface area contributed by atoms with Gasteiger partial charge in [-0.2, -0.15) is 0 Å². The SMILES string of the molecule is CC(CCCC(=O)O)COc1ccccc1F. The molecule has 0 spiro atoms. The summed E-state index contributed by atoms with van der Waals surface area (Å²) in [5, 5.41) is 8.49. The molecule has 0 amide bonds. The number of rotatable bonds is 7. The first-order valence-corrected chi connectivity index (χ1v) is 5.68. The largest absolute Gasteiger partial charge is 0.490 e. The Kier molecular flexibility index (Phi) is 5.46. The fourth-order valence-corrected chi connectivity index (χ4v) is 1.48. The highest BCUT2D eigenvalue weighted by Crippen LogP contribution is 2.17. The Morgan fingerprint density at radius 1 is 1.47 bits per heavy atom. The second-order valence-corrected chi connectivity index (χ2v) is 4.13. The summed E-state index contributed by atoms with van der Waals surface area (Å²) in [6, 6.07) is 6.26. The Balaban J connectivity index is 2.26. The molecule has 0 fully saturated rings. The monoisotopic (exact) mass is 240 g/mol. The van der Waals surface area contributed by atoms with Gasteiger partial charge < -0.3 is 9.84 Å². The number of para-hydroxylation sites is 1. The van der Waals surface area contributed by atoms with E-state index in [1.54, 1.807) is 18.2 Å². The van der Waals surface area contributed by atoms with Crippen molar-refractivity contribution in [1.29, 1.82) is 0 Å². The Hall–Kier alpha value is -1.58. The van der Waals surface area contributed by atoms with E-state index in [2.05, 4.69) is 0 Å². The van der Waals surface area contributed by atoms with Crippen molar-refractivity contribution in [3.63, 3.8) is 0 Å². The number of carbonyl (C=O) groups is 1. The minimum atomic E-state index is -0.785. The van der Waals surface area contributed by atoms with Crippen molar-refractivity contribution in [3.8, 4) is 5.75 Å². The molecule has 4 heteroatoms. The highest BCUT2D eigenvalue weighted by Gasteiger charge is 2.07. The van der Waals surface area contributed by atoms with Crippen LogP contribution in [0.3, 0.4) is 0 Å². The zero-order valence-corrected chi connectivity index (χ0v) is 9.86. The van der Waals surface area contributed by atoms with Gasteiger partial charge in [0.2, 0.25) is 0 Å². The molecule has 94 valence electrons. The van der Waals surface area contributed by atoms with Crippen LogP contribution in [-0.2, 0) is 4.79 Å². The molecule has 1 rings (SSSR count). The number of benzene rings is 1. The van der Waals surface area contributed by atoms with Gasteiger partial charge in [0.1, 0.15) is 0 Å².